The minimum Gasteiger partial charge on any atom is -0.455 e. The molecule has 9 aromatic rings. The van der Waals surface area contributed by atoms with Gasteiger partial charge in [-0.15, -0.1) is 6.58 Å². The maximum Gasteiger partial charge on any atom is 0.151 e. The average molecular weight is 836 g/mol. The summed E-state index contributed by atoms with van der Waals surface area (Å²) in [6.07, 6.45) is 6.63. The molecule has 0 unspecified atom stereocenters. The van der Waals surface area contributed by atoms with Crippen LogP contribution in [-0.4, -0.2) is 0 Å². The first kappa shape index (κ1) is 40.8. The molecular formula is C63H49NO. The predicted molar refractivity (Wildman–Crippen MR) is 274 cm³/mol. The molecule has 312 valence electrons. The molecule has 65 heavy (non-hydrogen) atoms. The van der Waals surface area contributed by atoms with Crippen molar-refractivity contribution >= 4 is 22.6 Å². The second-order valence-corrected chi connectivity index (χ2v) is 16.6. The van der Waals surface area contributed by atoms with E-state index in [1.54, 1.807) is 0 Å². The fraction of sp³-hybridized carbons (Fsp3) is 0.0476. The van der Waals surface area contributed by atoms with Gasteiger partial charge >= 0.3 is 0 Å². The summed E-state index contributed by atoms with van der Waals surface area (Å²) in [5.74, 6) is 1.48. The topological polar surface area (TPSA) is 12.5 Å². The first-order valence-corrected chi connectivity index (χ1v) is 22.3. The number of benzene rings is 9. The largest absolute Gasteiger partial charge is 0.455 e. The zero-order valence-corrected chi connectivity index (χ0v) is 36.6. The van der Waals surface area contributed by atoms with Crippen LogP contribution in [0.5, 0.6) is 11.5 Å². The maximum absolute atomic E-state index is 6.99. The summed E-state index contributed by atoms with van der Waals surface area (Å²) in [5, 5.41) is 0. The average Bonchev–Trinajstić information content (AvgIpc) is 3.67. The van der Waals surface area contributed by atoms with Crippen LogP contribution in [0, 0.1) is 0 Å². The molecule has 0 radical (unpaired) electrons. The molecule has 0 amide bonds. The van der Waals surface area contributed by atoms with Gasteiger partial charge < -0.3 is 9.64 Å². The summed E-state index contributed by atoms with van der Waals surface area (Å²) >= 11 is 0. The Hall–Kier alpha value is -8.20. The van der Waals surface area contributed by atoms with Crippen molar-refractivity contribution < 1.29 is 4.74 Å². The molecule has 1 aliphatic carbocycles. The van der Waals surface area contributed by atoms with Gasteiger partial charge in [-0.3, -0.25) is 0 Å². The Kier molecular flexibility index (Phi) is 11.2. The highest BCUT2D eigenvalue weighted by atomic mass is 16.5. The molecule has 0 heterocycles. The van der Waals surface area contributed by atoms with Crippen LogP contribution >= 0.6 is 0 Å². The number of fused-ring (bicyclic) bond motifs is 3. The summed E-state index contributed by atoms with van der Waals surface area (Å²) in [6, 6.07) is 81.0. The van der Waals surface area contributed by atoms with Crippen molar-refractivity contribution in [1.82, 2.24) is 0 Å². The van der Waals surface area contributed by atoms with Gasteiger partial charge in [-0.2, -0.15) is 0 Å². The van der Waals surface area contributed by atoms with Crippen molar-refractivity contribution in [2.75, 3.05) is 4.90 Å². The number of hydrogen-bond acceptors (Lipinski definition) is 2. The molecule has 10 rings (SSSR count). The zero-order chi connectivity index (χ0) is 44.2. The van der Waals surface area contributed by atoms with E-state index in [4.69, 9.17) is 4.74 Å². The van der Waals surface area contributed by atoms with E-state index in [-0.39, 0.29) is 0 Å². The Morgan fingerprint density at radius 1 is 0.508 bits per heavy atom. The molecule has 2 nitrogen and oxygen atoms in total. The molecule has 0 saturated carbocycles. The number of nitrogens with zero attached hydrogens (tertiary/aromatic N) is 1. The maximum atomic E-state index is 6.99. The summed E-state index contributed by atoms with van der Waals surface area (Å²) in [6.45, 7) is 10.1. The normalized spacial score (nSPS) is 12.5. The van der Waals surface area contributed by atoms with Gasteiger partial charge in [-0.25, -0.2) is 0 Å². The lowest BCUT2D eigenvalue weighted by molar-refractivity contribution is 0.483. The first-order chi connectivity index (χ1) is 32.1. The van der Waals surface area contributed by atoms with Gasteiger partial charge in [0.15, 0.2) is 5.75 Å². The fourth-order valence-electron chi connectivity index (χ4n) is 9.66. The molecule has 0 fully saturated rings. The van der Waals surface area contributed by atoms with E-state index in [0.29, 0.717) is 0 Å². The molecule has 2 heteroatoms. The number of anilines is 3. The Balaban J connectivity index is 1.27. The third-order valence-electron chi connectivity index (χ3n) is 12.7. The Labute approximate surface area is 383 Å². The third-order valence-corrected chi connectivity index (χ3v) is 12.7. The van der Waals surface area contributed by atoms with Crippen molar-refractivity contribution in [1.29, 1.82) is 0 Å². The van der Waals surface area contributed by atoms with Crippen molar-refractivity contribution in [3.8, 4) is 44.9 Å². The van der Waals surface area contributed by atoms with Crippen molar-refractivity contribution in [2.45, 2.75) is 18.8 Å². The quantitative estimate of drug-likeness (QED) is 0.0847. The van der Waals surface area contributed by atoms with E-state index in [0.717, 1.165) is 68.4 Å². The van der Waals surface area contributed by atoms with Gasteiger partial charge in [0.25, 0.3) is 0 Å². The minimum absolute atomic E-state index is 0.525. The van der Waals surface area contributed by atoms with Crippen LogP contribution in [0.15, 0.2) is 256 Å². The van der Waals surface area contributed by atoms with Gasteiger partial charge in [0.2, 0.25) is 0 Å². The van der Waals surface area contributed by atoms with Gasteiger partial charge in [0.1, 0.15) is 5.75 Å². The molecular weight excluding hydrogens is 787 g/mol. The molecule has 0 bridgehead atoms. The van der Waals surface area contributed by atoms with Crippen LogP contribution in [0.25, 0.3) is 39.0 Å². The lowest BCUT2D eigenvalue weighted by atomic mass is 9.68. The van der Waals surface area contributed by atoms with E-state index < -0.39 is 5.41 Å². The Morgan fingerprint density at radius 3 is 1.78 bits per heavy atom. The van der Waals surface area contributed by atoms with Crippen LogP contribution in [0.2, 0.25) is 0 Å². The Morgan fingerprint density at radius 2 is 1.12 bits per heavy atom. The number of ether oxygens (including phenoxy) is 1. The van der Waals surface area contributed by atoms with Gasteiger partial charge in [0, 0.05) is 11.3 Å². The summed E-state index contributed by atoms with van der Waals surface area (Å²) in [4.78, 5) is 2.40. The number of allylic oxidation sites excluding steroid dienone is 4. The van der Waals surface area contributed by atoms with E-state index in [1.807, 2.05) is 24.3 Å². The standard InChI is InChI=1S/C63H49NO/c1-4-20-45(3)49-35-41-62(65-54-37-32-46(21-5-2)33-38-54)61(43-49)64(60-40-34-50(47-22-10-6-11-23-47)42-56(60)48-24-12-7-13-25-48)53-36-39-59-57(44-53)55-30-18-19-31-58(55)63(59,51-26-14-8-15-27-51)52-28-16-9-17-29-52/h4-20,22-44H,1-2,21H2,3H3. The smallest absolute Gasteiger partial charge is 0.151 e. The zero-order valence-electron chi connectivity index (χ0n) is 36.6. The van der Waals surface area contributed by atoms with E-state index in [1.165, 1.54) is 38.9 Å². The highest BCUT2D eigenvalue weighted by molar-refractivity contribution is 5.95. The summed E-state index contributed by atoms with van der Waals surface area (Å²) in [5.41, 5.74) is 17.7. The predicted octanol–water partition coefficient (Wildman–Crippen LogP) is 17.0. The van der Waals surface area contributed by atoms with Crippen molar-refractivity contribution in [2.24, 2.45) is 0 Å². The van der Waals surface area contributed by atoms with E-state index >= 15 is 0 Å². The van der Waals surface area contributed by atoms with Crippen LogP contribution in [0.4, 0.5) is 17.1 Å². The fourth-order valence-corrected chi connectivity index (χ4v) is 9.66. The Bertz CT molecular complexity index is 3130. The molecule has 0 saturated heterocycles. The monoisotopic (exact) mass is 835 g/mol. The lowest BCUT2D eigenvalue weighted by Crippen LogP contribution is -2.28. The molecule has 0 N–H and O–H groups in total. The molecule has 0 atom stereocenters. The van der Waals surface area contributed by atoms with Crippen LogP contribution < -0.4 is 9.64 Å². The third kappa shape index (κ3) is 7.60. The lowest BCUT2D eigenvalue weighted by Gasteiger charge is -2.34. The number of rotatable bonds is 13. The van der Waals surface area contributed by atoms with Crippen molar-refractivity contribution in [3.05, 3.63) is 289 Å². The van der Waals surface area contributed by atoms with Gasteiger partial charge in [-0.1, -0.05) is 201 Å². The molecule has 0 spiro atoms. The van der Waals surface area contributed by atoms with E-state index in [9.17, 15) is 0 Å². The second-order valence-electron chi connectivity index (χ2n) is 16.6. The number of hydrogen-bond donors (Lipinski definition) is 0. The van der Waals surface area contributed by atoms with Crippen LogP contribution in [0.1, 0.15) is 40.3 Å². The highest BCUT2D eigenvalue weighted by Gasteiger charge is 2.46. The minimum atomic E-state index is -0.525. The molecule has 9 aromatic carbocycles. The molecule has 0 aliphatic heterocycles. The summed E-state index contributed by atoms with van der Waals surface area (Å²) in [7, 11) is 0. The van der Waals surface area contributed by atoms with Gasteiger partial charge in [-0.05, 0) is 129 Å². The van der Waals surface area contributed by atoms with Crippen LogP contribution in [0.3, 0.4) is 0 Å². The summed E-state index contributed by atoms with van der Waals surface area (Å²) < 4.78 is 6.99. The molecule has 1 aliphatic rings. The SMILES string of the molecule is C=CC=C(C)c1ccc(Oc2ccc(CC=C)cc2)c(N(c2ccc3c(c2)-c2ccccc2C3(c2ccccc2)c2ccccc2)c2ccc(-c3ccccc3)cc2-c2ccccc2)c1. The van der Waals surface area contributed by atoms with Gasteiger partial charge in [0.05, 0.1) is 16.8 Å². The first-order valence-electron chi connectivity index (χ1n) is 22.3. The van der Waals surface area contributed by atoms with E-state index in [2.05, 4.69) is 243 Å². The second kappa shape index (κ2) is 17.9. The highest BCUT2D eigenvalue weighted by Crippen LogP contribution is 2.58. The van der Waals surface area contributed by atoms with Crippen LogP contribution in [-0.2, 0) is 11.8 Å². The van der Waals surface area contributed by atoms with Crippen molar-refractivity contribution in [3.63, 3.8) is 0 Å². The molecule has 0 aromatic heterocycles.